The summed E-state index contributed by atoms with van der Waals surface area (Å²) in [4.78, 5) is 11.1. The van der Waals surface area contributed by atoms with Gasteiger partial charge < -0.3 is 10.0 Å². The summed E-state index contributed by atoms with van der Waals surface area (Å²) in [5.74, 6) is 0.0817. The molecule has 1 aromatic carbocycles. The van der Waals surface area contributed by atoms with Gasteiger partial charge in [-0.05, 0) is 17.7 Å². The van der Waals surface area contributed by atoms with Crippen LogP contribution in [0.15, 0.2) is 24.3 Å². The molecule has 0 radical (unpaired) electrons. The number of amides is 1. The van der Waals surface area contributed by atoms with Gasteiger partial charge in [0.15, 0.2) is 0 Å². The van der Waals surface area contributed by atoms with E-state index in [1.165, 1.54) is 0 Å². The highest BCUT2D eigenvalue weighted by molar-refractivity contribution is 7.99. The average Bonchev–Trinajstić information content (AvgIpc) is 2.39. The van der Waals surface area contributed by atoms with Gasteiger partial charge in [-0.3, -0.25) is 4.79 Å². The Balaban J connectivity index is 0.00000121. The Morgan fingerprint density at radius 1 is 1.35 bits per heavy atom. The SMILES string of the molecule is CC.CCC(=O)NCc1cccc(NSC)c1. The summed E-state index contributed by atoms with van der Waals surface area (Å²) in [6.45, 7) is 6.44. The van der Waals surface area contributed by atoms with Crippen molar-refractivity contribution in [3.8, 4) is 0 Å². The van der Waals surface area contributed by atoms with Crippen molar-refractivity contribution in [1.82, 2.24) is 5.32 Å². The Kier molecular flexibility index (Phi) is 9.34. The Morgan fingerprint density at radius 3 is 2.65 bits per heavy atom. The van der Waals surface area contributed by atoms with E-state index in [0.717, 1.165) is 11.3 Å². The molecule has 0 aliphatic heterocycles. The topological polar surface area (TPSA) is 41.1 Å². The maximum Gasteiger partial charge on any atom is 0.219 e. The summed E-state index contributed by atoms with van der Waals surface area (Å²) in [5, 5.41) is 2.84. The van der Waals surface area contributed by atoms with Gasteiger partial charge in [0.1, 0.15) is 0 Å². The van der Waals surface area contributed by atoms with Gasteiger partial charge in [0.25, 0.3) is 0 Å². The molecule has 1 rings (SSSR count). The Morgan fingerprint density at radius 2 is 2.06 bits per heavy atom. The zero-order chi connectivity index (χ0) is 13.1. The highest BCUT2D eigenvalue weighted by atomic mass is 32.2. The van der Waals surface area contributed by atoms with E-state index in [1.807, 2.05) is 51.3 Å². The smallest absolute Gasteiger partial charge is 0.219 e. The number of carbonyl (C=O) groups is 1. The van der Waals surface area contributed by atoms with Gasteiger partial charge in [-0.1, -0.05) is 44.9 Å². The van der Waals surface area contributed by atoms with Crippen LogP contribution in [0.3, 0.4) is 0 Å². The second-order valence-corrected chi connectivity index (χ2v) is 3.75. The van der Waals surface area contributed by atoms with Crippen molar-refractivity contribution in [3.05, 3.63) is 29.8 Å². The molecule has 0 atom stereocenters. The van der Waals surface area contributed by atoms with Gasteiger partial charge >= 0.3 is 0 Å². The third-order valence-electron chi connectivity index (χ3n) is 1.96. The molecular weight excluding hydrogens is 232 g/mol. The third kappa shape index (κ3) is 6.89. The molecule has 17 heavy (non-hydrogen) atoms. The van der Waals surface area contributed by atoms with Crippen molar-refractivity contribution in [2.24, 2.45) is 0 Å². The second kappa shape index (κ2) is 10.0. The first-order valence-electron chi connectivity index (χ1n) is 5.91. The Bertz CT molecular complexity index is 329. The molecule has 0 unspecified atom stereocenters. The number of carbonyl (C=O) groups excluding carboxylic acids is 1. The summed E-state index contributed by atoms with van der Waals surface area (Å²) in [5.41, 5.74) is 2.17. The highest BCUT2D eigenvalue weighted by Gasteiger charge is 1.98. The minimum absolute atomic E-state index is 0.0817. The van der Waals surface area contributed by atoms with Crippen molar-refractivity contribution < 1.29 is 4.79 Å². The maximum atomic E-state index is 11.1. The average molecular weight is 254 g/mol. The van der Waals surface area contributed by atoms with Gasteiger partial charge in [0.05, 0.1) is 0 Å². The molecule has 0 saturated heterocycles. The summed E-state index contributed by atoms with van der Waals surface area (Å²) >= 11 is 1.55. The lowest BCUT2D eigenvalue weighted by Crippen LogP contribution is -2.21. The zero-order valence-corrected chi connectivity index (χ0v) is 11.9. The van der Waals surface area contributed by atoms with Crippen LogP contribution >= 0.6 is 11.9 Å². The fourth-order valence-electron chi connectivity index (χ4n) is 1.19. The van der Waals surface area contributed by atoms with Crippen LogP contribution in [-0.4, -0.2) is 12.2 Å². The maximum absolute atomic E-state index is 11.1. The van der Waals surface area contributed by atoms with E-state index in [4.69, 9.17) is 0 Å². The number of benzene rings is 1. The molecule has 0 fully saturated rings. The van der Waals surface area contributed by atoms with Crippen LogP contribution in [0.1, 0.15) is 32.8 Å². The molecule has 1 amide bonds. The van der Waals surface area contributed by atoms with Gasteiger partial charge in [-0.15, -0.1) is 0 Å². The van der Waals surface area contributed by atoms with Gasteiger partial charge in [-0.25, -0.2) is 0 Å². The minimum Gasteiger partial charge on any atom is -0.352 e. The molecule has 0 aliphatic rings. The first-order valence-corrected chi connectivity index (χ1v) is 7.13. The monoisotopic (exact) mass is 254 g/mol. The van der Waals surface area contributed by atoms with E-state index in [-0.39, 0.29) is 5.91 Å². The van der Waals surface area contributed by atoms with Gasteiger partial charge in [0.2, 0.25) is 5.91 Å². The molecule has 1 aromatic rings. The van der Waals surface area contributed by atoms with Crippen molar-refractivity contribution in [3.63, 3.8) is 0 Å². The van der Waals surface area contributed by atoms with Crippen LogP contribution in [0.4, 0.5) is 5.69 Å². The van der Waals surface area contributed by atoms with E-state index in [9.17, 15) is 4.79 Å². The summed E-state index contributed by atoms with van der Waals surface area (Å²) in [6, 6.07) is 8.02. The van der Waals surface area contributed by atoms with E-state index >= 15 is 0 Å². The van der Waals surface area contributed by atoms with E-state index < -0.39 is 0 Å². The quantitative estimate of drug-likeness (QED) is 0.791. The molecule has 0 heterocycles. The predicted octanol–water partition coefficient (Wildman–Crippen LogP) is 3.43. The standard InChI is InChI=1S/C11H16N2OS.C2H6/c1-3-11(14)12-8-9-5-4-6-10(7-9)13-15-2;1-2/h4-7,13H,3,8H2,1-2H3,(H,12,14);1-2H3. The molecule has 96 valence electrons. The molecule has 2 N–H and O–H groups in total. The highest BCUT2D eigenvalue weighted by Crippen LogP contribution is 2.13. The fourth-order valence-corrected chi connectivity index (χ4v) is 1.55. The lowest BCUT2D eigenvalue weighted by atomic mass is 10.2. The fraction of sp³-hybridized carbons (Fsp3) is 0.462. The molecule has 4 heteroatoms. The lowest BCUT2D eigenvalue weighted by molar-refractivity contribution is -0.120. The number of hydrogen-bond acceptors (Lipinski definition) is 3. The summed E-state index contributed by atoms with van der Waals surface area (Å²) in [7, 11) is 0. The Hall–Kier alpha value is -1.16. The van der Waals surface area contributed by atoms with Gasteiger partial charge in [-0.2, -0.15) is 0 Å². The normalized spacial score (nSPS) is 8.94. The number of hydrogen-bond donors (Lipinski definition) is 2. The van der Waals surface area contributed by atoms with Crippen LogP contribution in [-0.2, 0) is 11.3 Å². The van der Waals surface area contributed by atoms with Crippen molar-refractivity contribution in [2.45, 2.75) is 33.7 Å². The molecule has 3 nitrogen and oxygen atoms in total. The molecule has 0 aromatic heterocycles. The molecule has 0 spiro atoms. The van der Waals surface area contributed by atoms with E-state index in [1.54, 1.807) is 11.9 Å². The molecule has 0 saturated carbocycles. The van der Waals surface area contributed by atoms with E-state index in [0.29, 0.717) is 13.0 Å². The van der Waals surface area contributed by atoms with Crippen molar-refractivity contribution in [2.75, 3.05) is 11.0 Å². The minimum atomic E-state index is 0.0817. The number of anilines is 1. The Labute approximate surface area is 109 Å². The molecule has 0 aliphatic carbocycles. The van der Waals surface area contributed by atoms with Gasteiger partial charge in [0, 0.05) is 24.9 Å². The largest absolute Gasteiger partial charge is 0.352 e. The number of rotatable bonds is 5. The molecular formula is C13H22N2OS. The van der Waals surface area contributed by atoms with Crippen LogP contribution in [0.5, 0.6) is 0 Å². The third-order valence-corrected chi connectivity index (χ3v) is 2.40. The van der Waals surface area contributed by atoms with Crippen LogP contribution in [0.2, 0.25) is 0 Å². The molecule has 0 bridgehead atoms. The predicted molar refractivity (Wildman–Crippen MR) is 77.1 cm³/mol. The summed E-state index contributed by atoms with van der Waals surface area (Å²) < 4.78 is 3.15. The second-order valence-electron chi connectivity index (χ2n) is 3.14. The van der Waals surface area contributed by atoms with E-state index in [2.05, 4.69) is 10.0 Å². The first kappa shape index (κ1) is 15.8. The lowest BCUT2D eigenvalue weighted by Gasteiger charge is -2.06. The van der Waals surface area contributed by atoms with Crippen LogP contribution < -0.4 is 10.0 Å². The summed E-state index contributed by atoms with van der Waals surface area (Å²) in [6.07, 6.45) is 2.51. The van der Waals surface area contributed by atoms with Crippen molar-refractivity contribution in [1.29, 1.82) is 0 Å². The van der Waals surface area contributed by atoms with Crippen molar-refractivity contribution >= 4 is 23.5 Å². The number of nitrogens with one attached hydrogen (secondary N) is 2. The van der Waals surface area contributed by atoms with Crippen LogP contribution in [0, 0.1) is 0 Å². The first-order chi connectivity index (χ1) is 8.26. The van der Waals surface area contributed by atoms with Crippen LogP contribution in [0.25, 0.3) is 0 Å². The zero-order valence-electron chi connectivity index (χ0n) is 11.0.